The summed E-state index contributed by atoms with van der Waals surface area (Å²) in [6.45, 7) is 3.86. The van der Waals surface area contributed by atoms with Gasteiger partial charge in [-0.1, -0.05) is 96.5 Å². The second kappa shape index (κ2) is 19.4. The summed E-state index contributed by atoms with van der Waals surface area (Å²) in [6, 6.07) is 5.95. The third-order valence-corrected chi connectivity index (χ3v) is 6.86. The fourth-order valence-electron chi connectivity index (χ4n) is 4.57. The van der Waals surface area contributed by atoms with Gasteiger partial charge in [0.05, 0.1) is 14.2 Å². The molecule has 0 aliphatic rings. The van der Waals surface area contributed by atoms with E-state index in [9.17, 15) is 0 Å². The molecule has 0 aliphatic carbocycles. The highest BCUT2D eigenvalue weighted by molar-refractivity contribution is 5.73. The molecule has 0 saturated carbocycles. The number of nitrogen functional groups attached to an aromatic ring is 1. The molecular weight excluding hydrogens is 462 g/mol. The highest BCUT2D eigenvalue weighted by Gasteiger charge is 2.08. The molecule has 0 unspecified atom stereocenters. The van der Waals surface area contributed by atoms with E-state index in [2.05, 4.69) is 27.5 Å². The van der Waals surface area contributed by atoms with E-state index in [0.717, 1.165) is 36.4 Å². The molecule has 4 N–H and O–H groups in total. The average Bonchev–Trinajstić information content (AvgIpc) is 2.92. The number of rotatable bonds is 22. The number of hydrogen-bond acceptors (Lipinski definition) is 7. The Bertz CT molecular complexity index is 862. The number of benzene rings is 1. The van der Waals surface area contributed by atoms with Gasteiger partial charge in [0, 0.05) is 13.1 Å². The van der Waals surface area contributed by atoms with Gasteiger partial charge in [0.15, 0.2) is 23.1 Å². The molecule has 1 aromatic carbocycles. The molecule has 0 saturated heterocycles. The topological polar surface area (TPSA) is 94.3 Å². The van der Waals surface area contributed by atoms with Gasteiger partial charge in [-0.3, -0.25) is 0 Å². The van der Waals surface area contributed by atoms with Crippen LogP contribution in [0.4, 0.5) is 17.3 Å². The van der Waals surface area contributed by atoms with Crippen molar-refractivity contribution < 1.29 is 9.47 Å². The molecule has 7 nitrogen and oxygen atoms in total. The maximum absolute atomic E-state index is 6.32. The molecule has 0 aliphatic heterocycles. The molecule has 1 aromatic heterocycles. The Kier molecular flexibility index (Phi) is 16.0. The summed E-state index contributed by atoms with van der Waals surface area (Å²) in [5.41, 5.74) is 8.04. The third kappa shape index (κ3) is 12.4. The van der Waals surface area contributed by atoms with Crippen LogP contribution in [0.25, 0.3) is 0 Å². The number of nitrogens with zero attached hydrogens (tertiary/aromatic N) is 2. The Hall–Kier alpha value is -2.70. The fraction of sp³-hybridized carbons (Fsp3) is 0.667. The number of anilines is 3. The van der Waals surface area contributed by atoms with E-state index >= 15 is 0 Å². The minimum atomic E-state index is 0.570. The third-order valence-electron chi connectivity index (χ3n) is 6.86. The van der Waals surface area contributed by atoms with Gasteiger partial charge in [0.25, 0.3) is 0 Å². The number of hydrogen-bond donors (Lipinski definition) is 3. The number of aromatic nitrogens is 2. The second-order valence-electron chi connectivity index (χ2n) is 9.87. The van der Waals surface area contributed by atoms with Gasteiger partial charge in [-0.25, -0.2) is 9.97 Å². The first-order valence-corrected chi connectivity index (χ1v) is 14.5. The second-order valence-corrected chi connectivity index (χ2v) is 9.87. The van der Waals surface area contributed by atoms with Crippen molar-refractivity contribution in [3.8, 4) is 11.5 Å². The number of unbranched alkanes of at least 4 members (excludes halogenated alkanes) is 13. The zero-order chi connectivity index (χ0) is 26.6. The Morgan fingerprint density at radius 3 is 1.73 bits per heavy atom. The summed E-state index contributed by atoms with van der Waals surface area (Å²) in [4.78, 5) is 8.65. The molecule has 2 aromatic rings. The highest BCUT2D eigenvalue weighted by atomic mass is 16.5. The summed E-state index contributed by atoms with van der Waals surface area (Å²) >= 11 is 0. The lowest BCUT2D eigenvalue weighted by Gasteiger charge is -2.13. The first kappa shape index (κ1) is 30.5. The highest BCUT2D eigenvalue weighted by Crippen LogP contribution is 2.28. The first-order valence-electron chi connectivity index (χ1n) is 14.5. The van der Waals surface area contributed by atoms with Gasteiger partial charge in [-0.05, 0) is 30.5 Å². The lowest BCUT2D eigenvalue weighted by atomic mass is 10.0. The van der Waals surface area contributed by atoms with Crippen molar-refractivity contribution >= 4 is 17.3 Å². The summed E-state index contributed by atoms with van der Waals surface area (Å²) in [5.74, 6) is 2.84. The van der Waals surface area contributed by atoms with Crippen LogP contribution in [0.5, 0.6) is 11.5 Å². The SMILES string of the molecule is CCCCCCCCCCCCCCCCNc1ncnc(NCCc2ccc(OC)c(OC)c2)c1N. The molecule has 0 radical (unpaired) electrons. The lowest BCUT2D eigenvalue weighted by molar-refractivity contribution is 0.354. The Labute approximate surface area is 225 Å². The Morgan fingerprint density at radius 2 is 1.19 bits per heavy atom. The normalized spacial score (nSPS) is 10.9. The van der Waals surface area contributed by atoms with Crippen LogP contribution in [-0.2, 0) is 6.42 Å². The van der Waals surface area contributed by atoms with Gasteiger partial charge < -0.3 is 25.8 Å². The largest absolute Gasteiger partial charge is 0.493 e. The molecule has 0 fully saturated rings. The number of methoxy groups -OCH3 is 2. The van der Waals surface area contributed by atoms with Gasteiger partial charge in [0.1, 0.15) is 12.0 Å². The quantitative estimate of drug-likeness (QED) is 0.139. The number of ether oxygens (including phenoxy) is 2. The molecule has 0 amide bonds. The maximum atomic E-state index is 6.32. The van der Waals surface area contributed by atoms with Crippen LogP contribution in [0.2, 0.25) is 0 Å². The van der Waals surface area contributed by atoms with Crippen LogP contribution >= 0.6 is 0 Å². The van der Waals surface area contributed by atoms with Crippen molar-refractivity contribution in [2.45, 2.75) is 103 Å². The summed E-state index contributed by atoms with van der Waals surface area (Å²) in [7, 11) is 3.29. The molecule has 208 valence electrons. The van der Waals surface area contributed by atoms with Crippen molar-refractivity contribution in [1.82, 2.24) is 9.97 Å². The van der Waals surface area contributed by atoms with Crippen molar-refractivity contribution in [1.29, 1.82) is 0 Å². The van der Waals surface area contributed by atoms with Crippen molar-refractivity contribution in [3.05, 3.63) is 30.1 Å². The average molecular weight is 514 g/mol. The van der Waals surface area contributed by atoms with Crippen LogP contribution in [0.1, 0.15) is 102 Å². The van der Waals surface area contributed by atoms with Gasteiger partial charge in [-0.15, -0.1) is 0 Å². The molecule has 0 atom stereocenters. The Balaban J connectivity index is 1.55. The standard InChI is InChI=1S/C30H51N5O2/c1-4-5-6-7-8-9-10-11-12-13-14-15-16-17-21-32-29-28(31)30(35-24-34-29)33-22-20-25-18-19-26(36-2)27(23-25)37-3/h18-19,23-24H,4-17,20-22,31H2,1-3H3,(H2,32,33,34,35). The van der Waals surface area contributed by atoms with Crippen LogP contribution in [0.3, 0.4) is 0 Å². The van der Waals surface area contributed by atoms with E-state index < -0.39 is 0 Å². The van der Waals surface area contributed by atoms with Crippen LogP contribution in [-0.4, -0.2) is 37.3 Å². The zero-order valence-electron chi connectivity index (χ0n) is 23.6. The molecule has 0 spiro atoms. The summed E-state index contributed by atoms with van der Waals surface area (Å²) in [5, 5.41) is 6.72. The van der Waals surface area contributed by atoms with E-state index in [-0.39, 0.29) is 0 Å². The molecule has 7 heteroatoms. The maximum Gasteiger partial charge on any atom is 0.160 e. The van der Waals surface area contributed by atoms with Crippen LogP contribution in [0, 0.1) is 0 Å². The van der Waals surface area contributed by atoms with Crippen LogP contribution < -0.4 is 25.8 Å². The van der Waals surface area contributed by atoms with Gasteiger partial charge in [-0.2, -0.15) is 0 Å². The van der Waals surface area contributed by atoms with Crippen molar-refractivity contribution in [3.63, 3.8) is 0 Å². The molecule has 0 bridgehead atoms. The number of nitrogens with one attached hydrogen (secondary N) is 2. The smallest absolute Gasteiger partial charge is 0.160 e. The zero-order valence-corrected chi connectivity index (χ0v) is 23.6. The van der Waals surface area contributed by atoms with Gasteiger partial charge >= 0.3 is 0 Å². The van der Waals surface area contributed by atoms with E-state index in [1.165, 1.54) is 83.5 Å². The molecule has 37 heavy (non-hydrogen) atoms. The number of nitrogens with two attached hydrogens (primary N) is 1. The van der Waals surface area contributed by atoms with E-state index in [4.69, 9.17) is 15.2 Å². The Morgan fingerprint density at radius 1 is 0.676 bits per heavy atom. The summed E-state index contributed by atoms with van der Waals surface area (Å²) < 4.78 is 10.7. The van der Waals surface area contributed by atoms with E-state index in [1.807, 2.05) is 18.2 Å². The van der Waals surface area contributed by atoms with Crippen molar-refractivity contribution in [2.24, 2.45) is 0 Å². The van der Waals surface area contributed by atoms with E-state index in [0.29, 0.717) is 23.9 Å². The molecule has 1 heterocycles. The fourth-order valence-corrected chi connectivity index (χ4v) is 4.57. The molecular formula is C30H51N5O2. The minimum Gasteiger partial charge on any atom is -0.493 e. The predicted octanol–water partition coefficient (Wildman–Crippen LogP) is 7.62. The molecule has 2 rings (SSSR count). The van der Waals surface area contributed by atoms with E-state index in [1.54, 1.807) is 20.5 Å². The minimum absolute atomic E-state index is 0.570. The van der Waals surface area contributed by atoms with Crippen LogP contribution in [0.15, 0.2) is 24.5 Å². The first-order chi connectivity index (χ1) is 18.2. The van der Waals surface area contributed by atoms with Gasteiger partial charge in [0.2, 0.25) is 0 Å². The predicted molar refractivity (Wildman–Crippen MR) is 157 cm³/mol. The monoisotopic (exact) mass is 513 g/mol. The lowest BCUT2D eigenvalue weighted by Crippen LogP contribution is -2.12. The van der Waals surface area contributed by atoms with Crippen molar-refractivity contribution in [2.75, 3.05) is 43.7 Å². The summed E-state index contributed by atoms with van der Waals surface area (Å²) in [6.07, 6.45) is 21.5.